The third kappa shape index (κ3) is 4.33. The molecule has 106 valence electrons. The number of H-pyrrole nitrogens is 1. The smallest absolute Gasteiger partial charge is 0.252 e. The quantitative estimate of drug-likeness (QED) is 0.784. The van der Waals surface area contributed by atoms with Gasteiger partial charge in [-0.2, -0.15) is 0 Å². The molecular weight excluding hydrogens is 242 g/mol. The molecule has 2 heterocycles. The minimum atomic E-state index is -0.0889. The molecule has 0 atom stereocenters. The zero-order chi connectivity index (χ0) is 13.7. The first-order valence-corrected chi connectivity index (χ1v) is 6.92. The van der Waals surface area contributed by atoms with Gasteiger partial charge in [-0.3, -0.25) is 9.69 Å². The summed E-state index contributed by atoms with van der Waals surface area (Å²) in [5.74, 6) is 1.41. The van der Waals surface area contributed by atoms with Gasteiger partial charge in [-0.25, -0.2) is 4.98 Å². The van der Waals surface area contributed by atoms with Gasteiger partial charge in [0.25, 0.3) is 5.56 Å². The van der Waals surface area contributed by atoms with E-state index in [1.54, 1.807) is 0 Å². The SMILES string of the molecule is CCc1nc(NCCN2CCN(C)CC2)cc(=O)[nH]1. The highest BCUT2D eigenvalue weighted by molar-refractivity contribution is 5.32. The van der Waals surface area contributed by atoms with Gasteiger partial charge in [0.15, 0.2) is 0 Å². The molecular formula is C13H23N5O. The number of hydrogen-bond donors (Lipinski definition) is 2. The molecule has 0 unspecified atom stereocenters. The van der Waals surface area contributed by atoms with Crippen molar-refractivity contribution in [3.63, 3.8) is 0 Å². The van der Waals surface area contributed by atoms with Crippen molar-refractivity contribution in [3.05, 3.63) is 22.2 Å². The predicted molar refractivity (Wildman–Crippen MR) is 76.7 cm³/mol. The second-order valence-electron chi connectivity index (χ2n) is 5.00. The summed E-state index contributed by atoms with van der Waals surface area (Å²) in [6, 6.07) is 1.52. The first-order valence-electron chi connectivity index (χ1n) is 6.92. The average molecular weight is 265 g/mol. The second-order valence-corrected chi connectivity index (χ2v) is 5.00. The maximum atomic E-state index is 11.4. The second kappa shape index (κ2) is 6.68. The van der Waals surface area contributed by atoms with E-state index in [-0.39, 0.29) is 5.56 Å². The summed E-state index contributed by atoms with van der Waals surface area (Å²) in [4.78, 5) is 23.3. The molecule has 1 aromatic rings. The molecule has 1 aromatic heterocycles. The Hall–Kier alpha value is -1.40. The number of nitrogens with one attached hydrogen (secondary N) is 2. The van der Waals surface area contributed by atoms with Crippen molar-refractivity contribution in [2.24, 2.45) is 0 Å². The Labute approximate surface area is 113 Å². The number of piperazine rings is 1. The summed E-state index contributed by atoms with van der Waals surface area (Å²) < 4.78 is 0. The van der Waals surface area contributed by atoms with Gasteiger partial charge in [-0.1, -0.05) is 6.92 Å². The van der Waals surface area contributed by atoms with E-state index in [1.807, 2.05) is 6.92 Å². The fourth-order valence-electron chi connectivity index (χ4n) is 2.18. The lowest BCUT2D eigenvalue weighted by molar-refractivity contribution is 0.158. The molecule has 6 nitrogen and oxygen atoms in total. The van der Waals surface area contributed by atoms with E-state index in [9.17, 15) is 4.79 Å². The summed E-state index contributed by atoms with van der Waals surface area (Å²) in [6.07, 6.45) is 0.739. The number of aromatic nitrogens is 2. The molecule has 2 N–H and O–H groups in total. The van der Waals surface area contributed by atoms with Gasteiger partial charge in [0.1, 0.15) is 11.6 Å². The number of anilines is 1. The van der Waals surface area contributed by atoms with E-state index < -0.39 is 0 Å². The highest BCUT2D eigenvalue weighted by Crippen LogP contribution is 2.01. The molecule has 1 aliphatic heterocycles. The minimum absolute atomic E-state index is 0.0889. The third-order valence-electron chi connectivity index (χ3n) is 3.46. The van der Waals surface area contributed by atoms with Crippen molar-refractivity contribution in [2.45, 2.75) is 13.3 Å². The van der Waals surface area contributed by atoms with Gasteiger partial charge < -0.3 is 15.2 Å². The van der Waals surface area contributed by atoms with Crippen LogP contribution in [0.25, 0.3) is 0 Å². The summed E-state index contributed by atoms with van der Waals surface area (Å²) >= 11 is 0. The lowest BCUT2D eigenvalue weighted by Gasteiger charge is -2.32. The van der Waals surface area contributed by atoms with Crippen LogP contribution in [0.1, 0.15) is 12.7 Å². The van der Waals surface area contributed by atoms with Gasteiger partial charge in [-0.05, 0) is 7.05 Å². The van der Waals surface area contributed by atoms with Crippen LogP contribution in [0.2, 0.25) is 0 Å². The van der Waals surface area contributed by atoms with Crippen molar-refractivity contribution >= 4 is 5.82 Å². The Kier molecular flexibility index (Phi) is 4.93. The molecule has 1 fully saturated rings. The van der Waals surface area contributed by atoms with E-state index in [1.165, 1.54) is 6.07 Å². The van der Waals surface area contributed by atoms with Gasteiger partial charge in [0.2, 0.25) is 0 Å². The van der Waals surface area contributed by atoms with Crippen LogP contribution in [0.3, 0.4) is 0 Å². The fourth-order valence-corrected chi connectivity index (χ4v) is 2.18. The third-order valence-corrected chi connectivity index (χ3v) is 3.46. The van der Waals surface area contributed by atoms with Crippen molar-refractivity contribution in [1.82, 2.24) is 19.8 Å². The van der Waals surface area contributed by atoms with E-state index >= 15 is 0 Å². The molecule has 0 amide bonds. The van der Waals surface area contributed by atoms with Gasteiger partial charge in [-0.15, -0.1) is 0 Å². The Morgan fingerprint density at radius 1 is 1.37 bits per heavy atom. The zero-order valence-corrected chi connectivity index (χ0v) is 11.8. The van der Waals surface area contributed by atoms with Crippen LogP contribution in [-0.4, -0.2) is 66.1 Å². The van der Waals surface area contributed by atoms with Crippen LogP contribution < -0.4 is 10.9 Å². The first-order chi connectivity index (χ1) is 9.17. The first kappa shape index (κ1) is 14.0. The number of hydrogen-bond acceptors (Lipinski definition) is 5. The van der Waals surface area contributed by atoms with Crippen LogP contribution in [0, 0.1) is 0 Å². The molecule has 1 saturated heterocycles. The Morgan fingerprint density at radius 3 is 2.79 bits per heavy atom. The van der Waals surface area contributed by atoms with E-state index in [0.717, 1.165) is 51.5 Å². The van der Waals surface area contributed by atoms with Gasteiger partial charge in [0.05, 0.1) is 0 Å². The van der Waals surface area contributed by atoms with E-state index in [4.69, 9.17) is 0 Å². The van der Waals surface area contributed by atoms with Crippen LogP contribution in [0.4, 0.5) is 5.82 Å². The molecule has 6 heteroatoms. The maximum Gasteiger partial charge on any atom is 0.252 e. The summed E-state index contributed by atoms with van der Waals surface area (Å²) in [5, 5.41) is 3.23. The van der Waals surface area contributed by atoms with Gasteiger partial charge >= 0.3 is 0 Å². The normalized spacial score (nSPS) is 17.6. The molecule has 0 saturated carbocycles. The largest absolute Gasteiger partial charge is 0.369 e. The standard InChI is InChI=1S/C13H23N5O/c1-3-11-15-12(10-13(19)16-11)14-4-5-18-8-6-17(2)7-9-18/h10H,3-9H2,1-2H3,(H2,14,15,16,19). The predicted octanol–water partition coefficient (Wildman–Crippen LogP) is -0.00840. The summed E-state index contributed by atoms with van der Waals surface area (Å²) in [7, 11) is 2.15. The van der Waals surface area contributed by atoms with Crippen molar-refractivity contribution in [3.8, 4) is 0 Å². The lowest BCUT2D eigenvalue weighted by Crippen LogP contribution is -2.45. The monoisotopic (exact) mass is 265 g/mol. The Morgan fingerprint density at radius 2 is 2.11 bits per heavy atom. The Balaban J connectivity index is 1.79. The van der Waals surface area contributed by atoms with Crippen LogP contribution in [-0.2, 0) is 6.42 Å². The zero-order valence-electron chi connectivity index (χ0n) is 11.8. The molecule has 0 radical (unpaired) electrons. The summed E-state index contributed by atoms with van der Waals surface area (Å²) in [5.41, 5.74) is -0.0889. The van der Waals surface area contributed by atoms with E-state index in [0.29, 0.717) is 5.82 Å². The molecule has 19 heavy (non-hydrogen) atoms. The highest BCUT2D eigenvalue weighted by Gasteiger charge is 2.12. The number of nitrogens with zero attached hydrogens (tertiary/aromatic N) is 3. The topological polar surface area (TPSA) is 64.3 Å². The Bertz CT molecular complexity index is 451. The lowest BCUT2D eigenvalue weighted by atomic mass is 10.3. The summed E-state index contributed by atoms with van der Waals surface area (Å²) in [6.45, 7) is 8.27. The molecule has 0 spiro atoms. The number of aromatic amines is 1. The van der Waals surface area contributed by atoms with Crippen molar-refractivity contribution in [1.29, 1.82) is 0 Å². The minimum Gasteiger partial charge on any atom is -0.369 e. The van der Waals surface area contributed by atoms with Crippen LogP contribution in [0.15, 0.2) is 10.9 Å². The van der Waals surface area contributed by atoms with Crippen molar-refractivity contribution < 1.29 is 0 Å². The number of rotatable bonds is 5. The van der Waals surface area contributed by atoms with Gasteiger partial charge in [0, 0.05) is 51.8 Å². The molecule has 0 bridgehead atoms. The number of aryl methyl sites for hydroxylation is 1. The van der Waals surface area contributed by atoms with Crippen LogP contribution >= 0.6 is 0 Å². The molecule has 0 aromatic carbocycles. The molecule has 1 aliphatic rings. The molecule has 0 aliphatic carbocycles. The van der Waals surface area contributed by atoms with E-state index in [2.05, 4.69) is 32.1 Å². The van der Waals surface area contributed by atoms with Crippen LogP contribution in [0.5, 0.6) is 0 Å². The maximum absolute atomic E-state index is 11.4. The molecule has 2 rings (SSSR count). The highest BCUT2D eigenvalue weighted by atomic mass is 16.1. The van der Waals surface area contributed by atoms with Crippen molar-refractivity contribution in [2.75, 3.05) is 51.6 Å². The number of likely N-dealkylation sites (N-methyl/N-ethyl adjacent to an activating group) is 1. The average Bonchev–Trinajstić information content (AvgIpc) is 2.40. The fraction of sp³-hybridized carbons (Fsp3) is 0.692.